The van der Waals surface area contributed by atoms with Crippen LogP contribution in [0.4, 0.5) is 0 Å². The molecule has 0 spiro atoms. The van der Waals surface area contributed by atoms with Gasteiger partial charge in [0.25, 0.3) is 0 Å². The SMILES string of the molecule is CCCCCCC(O)Cn1cnnc1SC. The zero-order valence-corrected chi connectivity index (χ0v) is 10.9. The number of thioether (sulfide) groups is 1. The molecule has 0 bridgehead atoms. The van der Waals surface area contributed by atoms with E-state index < -0.39 is 0 Å². The third-order valence-corrected chi connectivity index (χ3v) is 3.24. The van der Waals surface area contributed by atoms with Gasteiger partial charge >= 0.3 is 0 Å². The zero-order chi connectivity index (χ0) is 11.8. The molecule has 5 heteroatoms. The second kappa shape index (κ2) is 7.68. The van der Waals surface area contributed by atoms with Gasteiger partial charge in [-0.15, -0.1) is 10.2 Å². The molecule has 92 valence electrons. The van der Waals surface area contributed by atoms with Gasteiger partial charge in [-0.05, 0) is 12.7 Å². The van der Waals surface area contributed by atoms with Crippen LogP contribution < -0.4 is 0 Å². The van der Waals surface area contributed by atoms with Crippen molar-refractivity contribution >= 4 is 11.8 Å². The minimum Gasteiger partial charge on any atom is -0.391 e. The lowest BCUT2D eigenvalue weighted by atomic mass is 10.1. The molecule has 0 aliphatic rings. The summed E-state index contributed by atoms with van der Waals surface area (Å²) in [4.78, 5) is 0. The van der Waals surface area contributed by atoms with Crippen LogP contribution in [-0.4, -0.2) is 32.2 Å². The molecule has 1 aromatic heterocycles. The minimum atomic E-state index is -0.279. The molecule has 0 radical (unpaired) electrons. The van der Waals surface area contributed by atoms with E-state index in [0.29, 0.717) is 6.54 Å². The first-order valence-corrected chi connectivity index (χ1v) is 7.10. The van der Waals surface area contributed by atoms with Crippen molar-refractivity contribution in [3.8, 4) is 0 Å². The summed E-state index contributed by atoms with van der Waals surface area (Å²) in [5, 5.41) is 18.5. The minimum absolute atomic E-state index is 0.279. The van der Waals surface area contributed by atoms with Crippen molar-refractivity contribution in [2.75, 3.05) is 6.26 Å². The number of hydrogen-bond donors (Lipinski definition) is 1. The Morgan fingerprint density at radius 3 is 2.94 bits per heavy atom. The van der Waals surface area contributed by atoms with Crippen LogP contribution >= 0.6 is 11.8 Å². The highest BCUT2D eigenvalue weighted by Crippen LogP contribution is 2.12. The molecule has 0 aromatic carbocycles. The molecule has 1 atom stereocenters. The number of aliphatic hydroxyl groups is 1. The summed E-state index contributed by atoms with van der Waals surface area (Å²) in [7, 11) is 0. The molecule has 1 unspecified atom stereocenters. The maximum absolute atomic E-state index is 9.85. The Kier molecular flexibility index (Phi) is 6.49. The van der Waals surface area contributed by atoms with E-state index in [2.05, 4.69) is 17.1 Å². The van der Waals surface area contributed by atoms with Crippen LogP contribution in [0.2, 0.25) is 0 Å². The Bertz CT molecular complexity index is 291. The Labute approximate surface area is 101 Å². The topological polar surface area (TPSA) is 50.9 Å². The molecular weight excluding hydrogens is 222 g/mol. The second-order valence-electron chi connectivity index (χ2n) is 3.97. The molecule has 1 rings (SSSR count). The average molecular weight is 243 g/mol. The monoisotopic (exact) mass is 243 g/mol. The Hall–Kier alpha value is -0.550. The van der Waals surface area contributed by atoms with Crippen LogP contribution in [0.5, 0.6) is 0 Å². The van der Waals surface area contributed by atoms with Crippen molar-refractivity contribution in [2.45, 2.75) is 56.8 Å². The Balaban J connectivity index is 2.25. The number of aliphatic hydroxyl groups excluding tert-OH is 1. The lowest BCUT2D eigenvalue weighted by molar-refractivity contribution is 0.137. The first-order chi connectivity index (χ1) is 7.77. The van der Waals surface area contributed by atoms with E-state index in [-0.39, 0.29) is 6.10 Å². The molecule has 1 aromatic rings. The van der Waals surface area contributed by atoms with Gasteiger partial charge in [-0.1, -0.05) is 44.4 Å². The Morgan fingerprint density at radius 1 is 1.44 bits per heavy atom. The van der Waals surface area contributed by atoms with Crippen molar-refractivity contribution in [1.29, 1.82) is 0 Å². The number of nitrogens with zero attached hydrogens (tertiary/aromatic N) is 3. The van der Waals surface area contributed by atoms with Gasteiger partial charge in [-0.3, -0.25) is 0 Å². The summed E-state index contributed by atoms with van der Waals surface area (Å²) in [6.45, 7) is 2.80. The highest BCUT2D eigenvalue weighted by Gasteiger charge is 2.08. The summed E-state index contributed by atoms with van der Waals surface area (Å²) < 4.78 is 1.91. The van der Waals surface area contributed by atoms with Crippen molar-refractivity contribution < 1.29 is 5.11 Å². The zero-order valence-electron chi connectivity index (χ0n) is 10.1. The average Bonchev–Trinajstić information content (AvgIpc) is 2.71. The molecule has 16 heavy (non-hydrogen) atoms. The quantitative estimate of drug-likeness (QED) is 0.562. The molecule has 1 N–H and O–H groups in total. The lowest BCUT2D eigenvalue weighted by Gasteiger charge is -2.11. The molecule has 0 fully saturated rings. The van der Waals surface area contributed by atoms with E-state index in [1.165, 1.54) is 19.3 Å². The van der Waals surface area contributed by atoms with Crippen molar-refractivity contribution in [3.05, 3.63) is 6.33 Å². The number of unbranched alkanes of at least 4 members (excludes halogenated alkanes) is 3. The van der Waals surface area contributed by atoms with Crippen molar-refractivity contribution in [2.24, 2.45) is 0 Å². The van der Waals surface area contributed by atoms with Gasteiger partial charge in [0.05, 0.1) is 12.6 Å². The summed E-state index contributed by atoms with van der Waals surface area (Å²) in [6.07, 6.45) is 9.05. The van der Waals surface area contributed by atoms with Crippen molar-refractivity contribution in [3.63, 3.8) is 0 Å². The summed E-state index contributed by atoms with van der Waals surface area (Å²) >= 11 is 1.55. The van der Waals surface area contributed by atoms with Gasteiger partial charge in [0.2, 0.25) is 0 Å². The summed E-state index contributed by atoms with van der Waals surface area (Å²) in [6, 6.07) is 0. The molecule has 0 saturated carbocycles. The predicted octanol–water partition coefficient (Wildman–Crippen LogP) is 2.33. The van der Waals surface area contributed by atoms with Gasteiger partial charge in [0.1, 0.15) is 6.33 Å². The normalized spacial score (nSPS) is 12.9. The lowest BCUT2D eigenvalue weighted by Crippen LogP contribution is -2.16. The molecule has 0 amide bonds. The van der Waals surface area contributed by atoms with Crippen LogP contribution in [0.25, 0.3) is 0 Å². The third-order valence-electron chi connectivity index (χ3n) is 2.56. The van der Waals surface area contributed by atoms with Gasteiger partial charge in [-0.2, -0.15) is 0 Å². The van der Waals surface area contributed by atoms with Crippen LogP contribution in [0, 0.1) is 0 Å². The fourth-order valence-corrected chi connectivity index (χ4v) is 2.14. The molecular formula is C11H21N3OS. The number of aromatic nitrogens is 3. The number of rotatable bonds is 8. The first kappa shape index (κ1) is 13.5. The second-order valence-corrected chi connectivity index (χ2v) is 4.75. The van der Waals surface area contributed by atoms with E-state index in [1.54, 1.807) is 18.1 Å². The largest absolute Gasteiger partial charge is 0.391 e. The van der Waals surface area contributed by atoms with Gasteiger partial charge in [-0.25, -0.2) is 0 Å². The molecule has 0 saturated heterocycles. The van der Waals surface area contributed by atoms with E-state index >= 15 is 0 Å². The van der Waals surface area contributed by atoms with Gasteiger partial charge < -0.3 is 9.67 Å². The summed E-state index contributed by atoms with van der Waals surface area (Å²) in [5.74, 6) is 0. The maximum atomic E-state index is 9.85. The fourth-order valence-electron chi connectivity index (χ4n) is 1.65. The third kappa shape index (κ3) is 4.53. The molecule has 1 heterocycles. The van der Waals surface area contributed by atoms with Crippen LogP contribution in [0.3, 0.4) is 0 Å². The van der Waals surface area contributed by atoms with Crippen LogP contribution in [0.1, 0.15) is 39.0 Å². The smallest absolute Gasteiger partial charge is 0.190 e. The van der Waals surface area contributed by atoms with E-state index in [4.69, 9.17) is 0 Å². The van der Waals surface area contributed by atoms with Gasteiger partial charge in [0.15, 0.2) is 5.16 Å². The predicted molar refractivity (Wildman–Crippen MR) is 66.6 cm³/mol. The fraction of sp³-hybridized carbons (Fsp3) is 0.818. The van der Waals surface area contributed by atoms with Crippen molar-refractivity contribution in [1.82, 2.24) is 14.8 Å². The van der Waals surface area contributed by atoms with E-state index in [1.807, 2.05) is 10.8 Å². The van der Waals surface area contributed by atoms with E-state index in [0.717, 1.165) is 18.0 Å². The van der Waals surface area contributed by atoms with Crippen LogP contribution in [-0.2, 0) is 6.54 Å². The molecule has 0 aliphatic heterocycles. The van der Waals surface area contributed by atoms with Gasteiger partial charge in [0, 0.05) is 0 Å². The van der Waals surface area contributed by atoms with Crippen LogP contribution in [0.15, 0.2) is 11.5 Å². The highest BCUT2D eigenvalue weighted by atomic mass is 32.2. The number of hydrogen-bond acceptors (Lipinski definition) is 4. The standard InChI is InChI=1S/C11H21N3OS/c1-3-4-5-6-7-10(15)8-14-9-12-13-11(14)16-2/h9-10,15H,3-8H2,1-2H3. The summed E-state index contributed by atoms with van der Waals surface area (Å²) in [5.41, 5.74) is 0. The Morgan fingerprint density at radius 2 is 2.25 bits per heavy atom. The highest BCUT2D eigenvalue weighted by molar-refractivity contribution is 7.98. The van der Waals surface area contributed by atoms with E-state index in [9.17, 15) is 5.11 Å². The maximum Gasteiger partial charge on any atom is 0.190 e. The first-order valence-electron chi connectivity index (χ1n) is 5.87. The molecule has 4 nitrogen and oxygen atoms in total. The molecule has 0 aliphatic carbocycles.